The second-order valence-electron chi connectivity index (χ2n) is 7.04. The number of rotatable bonds is 4. The van der Waals surface area contributed by atoms with Gasteiger partial charge in [-0.25, -0.2) is 0 Å². The molecule has 5 heteroatoms. The van der Waals surface area contributed by atoms with E-state index >= 15 is 0 Å². The van der Waals surface area contributed by atoms with Gasteiger partial charge in [0.1, 0.15) is 0 Å². The van der Waals surface area contributed by atoms with Crippen LogP contribution in [0.5, 0.6) is 0 Å². The van der Waals surface area contributed by atoms with Crippen molar-refractivity contribution in [2.24, 2.45) is 5.73 Å². The molecule has 2 aliphatic heterocycles. The van der Waals surface area contributed by atoms with Crippen molar-refractivity contribution >= 4 is 17.5 Å². The van der Waals surface area contributed by atoms with Crippen LogP contribution in [0.3, 0.4) is 0 Å². The lowest BCUT2D eigenvalue weighted by Crippen LogP contribution is -2.49. The van der Waals surface area contributed by atoms with E-state index in [2.05, 4.69) is 18.2 Å². The molecule has 0 aliphatic carbocycles. The van der Waals surface area contributed by atoms with Crippen molar-refractivity contribution in [3.63, 3.8) is 0 Å². The zero-order chi connectivity index (χ0) is 18.1. The van der Waals surface area contributed by atoms with E-state index in [1.165, 1.54) is 16.7 Å². The summed E-state index contributed by atoms with van der Waals surface area (Å²) in [4.78, 5) is 28.6. The molecule has 134 valence electrons. The molecule has 26 heavy (non-hydrogen) atoms. The van der Waals surface area contributed by atoms with E-state index in [4.69, 9.17) is 5.73 Å². The van der Waals surface area contributed by atoms with Crippen LogP contribution >= 0.6 is 0 Å². The van der Waals surface area contributed by atoms with Crippen molar-refractivity contribution in [3.05, 3.63) is 65.2 Å². The number of carbonyl (C=O) groups is 2. The van der Waals surface area contributed by atoms with E-state index in [9.17, 15) is 9.59 Å². The Balaban J connectivity index is 1.45. The zero-order valence-electron chi connectivity index (χ0n) is 14.7. The molecule has 2 heterocycles. The van der Waals surface area contributed by atoms with E-state index in [1.54, 1.807) is 0 Å². The molecular formula is C21H23N3O2. The molecule has 0 radical (unpaired) electrons. The van der Waals surface area contributed by atoms with Crippen LogP contribution in [-0.4, -0.2) is 35.8 Å². The van der Waals surface area contributed by atoms with E-state index in [-0.39, 0.29) is 17.9 Å². The number of anilines is 1. The fourth-order valence-electron chi connectivity index (χ4n) is 4.06. The van der Waals surface area contributed by atoms with E-state index in [0.717, 1.165) is 18.7 Å². The highest BCUT2D eigenvalue weighted by molar-refractivity contribution is 5.95. The van der Waals surface area contributed by atoms with Gasteiger partial charge in [0.05, 0.1) is 6.04 Å². The summed E-state index contributed by atoms with van der Waals surface area (Å²) in [5.41, 5.74) is 10.3. The van der Waals surface area contributed by atoms with Gasteiger partial charge in [0, 0.05) is 31.7 Å². The molecule has 2 N–H and O–H groups in total. The van der Waals surface area contributed by atoms with Gasteiger partial charge in [-0.05, 0) is 35.6 Å². The maximum Gasteiger partial charge on any atom is 0.235 e. The smallest absolute Gasteiger partial charge is 0.235 e. The summed E-state index contributed by atoms with van der Waals surface area (Å²) in [5, 5.41) is 0. The number of hydrogen-bond donors (Lipinski definition) is 1. The molecule has 0 saturated heterocycles. The van der Waals surface area contributed by atoms with Crippen LogP contribution in [0, 0.1) is 0 Å². The molecule has 0 spiro atoms. The van der Waals surface area contributed by atoms with Crippen molar-refractivity contribution in [3.8, 4) is 0 Å². The molecule has 1 atom stereocenters. The van der Waals surface area contributed by atoms with Gasteiger partial charge >= 0.3 is 0 Å². The molecule has 0 fully saturated rings. The SMILES string of the molecule is NC(=O)[C@@H]1Cc2ccccc2CN1CCC(=O)N1CCc2ccccc21. The van der Waals surface area contributed by atoms with E-state index < -0.39 is 0 Å². The summed E-state index contributed by atoms with van der Waals surface area (Å²) in [6.07, 6.45) is 1.91. The van der Waals surface area contributed by atoms with Crippen molar-refractivity contribution in [1.82, 2.24) is 4.90 Å². The summed E-state index contributed by atoms with van der Waals surface area (Å²) in [6.45, 7) is 1.94. The Labute approximate surface area is 153 Å². The maximum atomic E-state index is 12.8. The quantitative estimate of drug-likeness (QED) is 0.916. The Morgan fingerprint density at radius 3 is 2.46 bits per heavy atom. The fourth-order valence-corrected chi connectivity index (χ4v) is 4.06. The summed E-state index contributed by atoms with van der Waals surface area (Å²) in [6, 6.07) is 15.8. The van der Waals surface area contributed by atoms with Gasteiger partial charge in [-0.15, -0.1) is 0 Å². The highest BCUT2D eigenvalue weighted by Crippen LogP contribution is 2.28. The topological polar surface area (TPSA) is 66.6 Å². The van der Waals surface area contributed by atoms with Crippen molar-refractivity contribution in [1.29, 1.82) is 0 Å². The lowest BCUT2D eigenvalue weighted by atomic mass is 9.93. The highest BCUT2D eigenvalue weighted by atomic mass is 16.2. The molecule has 2 amide bonds. The Bertz CT molecular complexity index is 849. The largest absolute Gasteiger partial charge is 0.368 e. The second-order valence-corrected chi connectivity index (χ2v) is 7.04. The third-order valence-corrected chi connectivity index (χ3v) is 5.48. The Hall–Kier alpha value is -2.66. The number of carbonyl (C=O) groups excluding carboxylic acids is 2. The number of amides is 2. The minimum absolute atomic E-state index is 0.108. The number of benzene rings is 2. The van der Waals surface area contributed by atoms with Gasteiger partial charge in [0.15, 0.2) is 0 Å². The maximum absolute atomic E-state index is 12.8. The number of nitrogens with zero attached hydrogens (tertiary/aromatic N) is 2. The lowest BCUT2D eigenvalue weighted by Gasteiger charge is -2.35. The van der Waals surface area contributed by atoms with Gasteiger partial charge in [0.25, 0.3) is 0 Å². The summed E-state index contributed by atoms with van der Waals surface area (Å²) in [7, 11) is 0. The van der Waals surface area contributed by atoms with Crippen LogP contribution in [0.4, 0.5) is 5.69 Å². The molecule has 2 aliphatic rings. The second kappa shape index (κ2) is 6.92. The van der Waals surface area contributed by atoms with Gasteiger partial charge in [-0.1, -0.05) is 42.5 Å². The minimum Gasteiger partial charge on any atom is -0.368 e. The van der Waals surface area contributed by atoms with Crippen LogP contribution in [0.15, 0.2) is 48.5 Å². The number of nitrogens with two attached hydrogens (primary N) is 1. The fraction of sp³-hybridized carbons (Fsp3) is 0.333. The van der Waals surface area contributed by atoms with Gasteiger partial charge in [-0.2, -0.15) is 0 Å². The van der Waals surface area contributed by atoms with Gasteiger partial charge in [0.2, 0.25) is 11.8 Å². The number of fused-ring (bicyclic) bond motifs is 2. The molecule has 0 unspecified atom stereocenters. The normalized spacial score (nSPS) is 19.1. The summed E-state index contributed by atoms with van der Waals surface area (Å²) >= 11 is 0. The van der Waals surface area contributed by atoms with Crippen molar-refractivity contribution in [2.75, 3.05) is 18.0 Å². The highest BCUT2D eigenvalue weighted by Gasteiger charge is 2.31. The first-order chi connectivity index (χ1) is 12.6. The average Bonchev–Trinajstić information content (AvgIpc) is 3.09. The van der Waals surface area contributed by atoms with E-state index in [0.29, 0.717) is 25.9 Å². The van der Waals surface area contributed by atoms with E-state index in [1.807, 2.05) is 40.1 Å². The third-order valence-electron chi connectivity index (χ3n) is 5.48. The molecule has 0 bridgehead atoms. The average molecular weight is 349 g/mol. The monoisotopic (exact) mass is 349 g/mol. The minimum atomic E-state index is -0.344. The summed E-state index contributed by atoms with van der Waals surface area (Å²) < 4.78 is 0. The Morgan fingerprint density at radius 2 is 1.69 bits per heavy atom. The molecule has 4 rings (SSSR count). The van der Waals surface area contributed by atoms with Crippen LogP contribution in [0.25, 0.3) is 0 Å². The third kappa shape index (κ3) is 3.10. The molecular weight excluding hydrogens is 326 g/mol. The van der Waals surface area contributed by atoms with Crippen molar-refractivity contribution < 1.29 is 9.59 Å². The molecule has 2 aromatic rings. The first-order valence-corrected chi connectivity index (χ1v) is 9.12. The number of primary amides is 1. The van der Waals surface area contributed by atoms with Crippen LogP contribution in [0.2, 0.25) is 0 Å². The zero-order valence-corrected chi connectivity index (χ0v) is 14.7. The number of para-hydroxylation sites is 1. The predicted octanol–water partition coefficient (Wildman–Crippen LogP) is 1.88. The Kier molecular flexibility index (Phi) is 4.47. The first-order valence-electron chi connectivity index (χ1n) is 9.12. The number of hydrogen-bond acceptors (Lipinski definition) is 3. The standard InChI is InChI=1S/C21H23N3O2/c22-21(26)19-13-16-6-1-2-7-17(16)14-23(19)11-10-20(25)24-12-9-15-5-3-4-8-18(15)24/h1-8,19H,9-14H2,(H2,22,26)/t19-/m0/s1. The predicted molar refractivity (Wildman–Crippen MR) is 101 cm³/mol. The van der Waals surface area contributed by atoms with Gasteiger partial charge in [-0.3, -0.25) is 14.5 Å². The van der Waals surface area contributed by atoms with Crippen LogP contribution in [-0.2, 0) is 29.0 Å². The molecule has 5 nitrogen and oxygen atoms in total. The van der Waals surface area contributed by atoms with Crippen molar-refractivity contribution in [2.45, 2.75) is 31.8 Å². The summed E-state index contributed by atoms with van der Waals surface area (Å²) in [5.74, 6) is -0.213. The molecule has 2 aromatic carbocycles. The first kappa shape index (κ1) is 16.8. The molecule has 0 aromatic heterocycles. The molecule has 0 saturated carbocycles. The van der Waals surface area contributed by atoms with Gasteiger partial charge < -0.3 is 10.6 Å². The lowest BCUT2D eigenvalue weighted by molar-refractivity contribution is -0.125. The van der Waals surface area contributed by atoms with Crippen LogP contribution < -0.4 is 10.6 Å². The van der Waals surface area contributed by atoms with Crippen LogP contribution in [0.1, 0.15) is 23.1 Å². The Morgan fingerprint density at radius 1 is 1.00 bits per heavy atom.